The molecule has 0 unspecified atom stereocenters. The lowest BCUT2D eigenvalue weighted by molar-refractivity contribution is 1.24. The van der Waals surface area contributed by atoms with Gasteiger partial charge in [-0.05, 0) is 18.2 Å². The van der Waals surface area contributed by atoms with Crippen molar-refractivity contribution in [2.45, 2.75) is 5.11 Å². The molecule has 0 saturated heterocycles. The molecule has 6 radical (unpaired) electrons. The first-order valence-corrected chi connectivity index (χ1v) is 5.26. The largest absolute Gasteiger partial charge is 0.236 e. The minimum atomic E-state index is -1.39. The highest BCUT2D eigenvalue weighted by Gasteiger charge is 2.13. The maximum absolute atomic E-state index is 6.04. The van der Waals surface area contributed by atoms with Crippen LogP contribution in [0.15, 0.2) is 24.3 Å². The van der Waals surface area contributed by atoms with Crippen LogP contribution in [0.4, 0.5) is 0 Å². The van der Waals surface area contributed by atoms with E-state index in [0.717, 1.165) is 0 Å². The highest BCUT2D eigenvalue weighted by atomic mass is 35.5. The maximum atomic E-state index is 6.04. The number of pyridine rings is 1. The van der Waals surface area contributed by atoms with Crippen LogP contribution < -0.4 is 0 Å². The summed E-state index contributed by atoms with van der Waals surface area (Å²) in [5.41, 5.74) is 1.25. The van der Waals surface area contributed by atoms with Gasteiger partial charge in [-0.2, -0.15) is 0 Å². The minimum Gasteiger partial charge on any atom is -0.236 e. The van der Waals surface area contributed by atoms with Gasteiger partial charge in [0.25, 0.3) is 0 Å². The molecule has 0 saturated carbocycles. The van der Waals surface area contributed by atoms with Crippen molar-refractivity contribution >= 4 is 57.6 Å². The summed E-state index contributed by atoms with van der Waals surface area (Å²) in [6.45, 7) is 0. The Morgan fingerprint density at radius 1 is 1.06 bits per heavy atom. The van der Waals surface area contributed by atoms with Gasteiger partial charge in [-0.3, -0.25) is 0 Å². The second-order valence-electron chi connectivity index (χ2n) is 3.59. The van der Waals surface area contributed by atoms with Crippen molar-refractivity contribution in [3.63, 3.8) is 0 Å². The lowest BCUT2D eigenvalue weighted by Crippen LogP contribution is -2.26. The summed E-state index contributed by atoms with van der Waals surface area (Å²) < 4.78 is 0. The van der Waals surface area contributed by atoms with Gasteiger partial charge in [-0.25, -0.2) is 4.98 Å². The summed E-state index contributed by atoms with van der Waals surface area (Å²) in [6, 6.07) is 6.69. The molecule has 2 aromatic rings. The van der Waals surface area contributed by atoms with Crippen molar-refractivity contribution in [1.82, 2.24) is 4.98 Å². The molecule has 1 nitrogen and oxygen atoms in total. The van der Waals surface area contributed by atoms with E-state index >= 15 is 0 Å². The Kier molecular flexibility index (Phi) is 2.98. The third-order valence-electron chi connectivity index (χ3n) is 2.23. The Morgan fingerprint density at radius 3 is 2.38 bits per heavy atom. The predicted octanol–water partition coefficient (Wildman–Crippen LogP) is 2.16. The molecule has 1 aromatic carbocycles. The summed E-state index contributed by atoms with van der Waals surface area (Å²) in [4.78, 5) is 4.12. The molecule has 72 valence electrons. The lowest BCUT2D eigenvalue weighted by Gasteiger charge is -2.20. The minimum absolute atomic E-state index is 0.338. The molecule has 0 atom stereocenters. The Bertz CT molecular complexity index is 551. The fourth-order valence-electron chi connectivity index (χ4n) is 1.42. The van der Waals surface area contributed by atoms with E-state index in [4.69, 9.17) is 46.7 Å². The number of hydrogen-bond acceptors (Lipinski definition) is 1. The van der Waals surface area contributed by atoms with E-state index in [1.807, 2.05) is 0 Å². The van der Waals surface area contributed by atoms with Crippen molar-refractivity contribution in [3.8, 4) is 0 Å². The first-order valence-electron chi connectivity index (χ1n) is 4.51. The predicted molar refractivity (Wildman–Crippen MR) is 70.7 cm³/mol. The van der Waals surface area contributed by atoms with Crippen LogP contribution in [0.1, 0.15) is 5.56 Å². The van der Waals surface area contributed by atoms with E-state index in [9.17, 15) is 0 Å². The van der Waals surface area contributed by atoms with Gasteiger partial charge in [0.05, 0.1) is 34.1 Å². The zero-order valence-corrected chi connectivity index (χ0v) is 9.76. The molecule has 0 bridgehead atoms. The van der Waals surface area contributed by atoms with Crippen LogP contribution in [-0.2, 0) is 5.11 Å². The fraction of sp³-hybridized carbons (Fsp3) is 0.100. The quantitative estimate of drug-likeness (QED) is 0.551. The van der Waals surface area contributed by atoms with Crippen LogP contribution in [0.5, 0.6) is 0 Å². The summed E-state index contributed by atoms with van der Waals surface area (Å²) in [5, 5.41) is 0.150. The van der Waals surface area contributed by atoms with E-state index in [2.05, 4.69) is 4.98 Å². The zero-order chi connectivity index (χ0) is 11.9. The average molecular weight is 241 g/mol. The third kappa shape index (κ3) is 2.23. The standard InChI is InChI=1S/C10H4B3Cl2N/c11-10(12,13)5-1-2-8-6(3-5)7(14)4-9(15)16-8/h1-4H. The molecule has 0 aliphatic carbocycles. The summed E-state index contributed by atoms with van der Waals surface area (Å²) in [7, 11) is 16.8. The molecule has 2 rings (SSSR count). The van der Waals surface area contributed by atoms with Gasteiger partial charge < -0.3 is 0 Å². The Labute approximate surface area is 108 Å². The molecular formula is C10H4B3Cl2N. The summed E-state index contributed by atoms with van der Waals surface area (Å²) >= 11 is 11.8. The van der Waals surface area contributed by atoms with Gasteiger partial charge in [0.2, 0.25) is 0 Å². The van der Waals surface area contributed by atoms with Crippen LogP contribution in [0.3, 0.4) is 0 Å². The van der Waals surface area contributed by atoms with E-state index in [1.165, 1.54) is 0 Å². The van der Waals surface area contributed by atoms with Crippen LogP contribution >= 0.6 is 23.2 Å². The van der Waals surface area contributed by atoms with Crippen LogP contribution in [0.25, 0.3) is 10.9 Å². The molecule has 0 aliphatic heterocycles. The van der Waals surface area contributed by atoms with Gasteiger partial charge in [-0.15, -0.1) is 5.11 Å². The van der Waals surface area contributed by atoms with Crippen molar-refractivity contribution in [2.24, 2.45) is 0 Å². The van der Waals surface area contributed by atoms with Gasteiger partial charge in [0.1, 0.15) is 5.15 Å². The van der Waals surface area contributed by atoms with E-state index in [0.29, 0.717) is 26.6 Å². The second kappa shape index (κ2) is 4.01. The highest BCUT2D eigenvalue weighted by Crippen LogP contribution is 2.27. The normalized spacial score (nSPS) is 11.9. The lowest BCUT2D eigenvalue weighted by atomic mass is 9.40. The monoisotopic (exact) mass is 241 g/mol. The first kappa shape index (κ1) is 11.9. The van der Waals surface area contributed by atoms with E-state index in [-0.39, 0.29) is 0 Å². The zero-order valence-electron chi connectivity index (χ0n) is 8.24. The molecule has 6 heteroatoms. The Balaban J connectivity index is 2.72. The van der Waals surface area contributed by atoms with Crippen molar-refractivity contribution in [3.05, 3.63) is 40.0 Å². The van der Waals surface area contributed by atoms with Crippen LogP contribution in [-0.4, -0.2) is 28.5 Å². The van der Waals surface area contributed by atoms with Crippen molar-refractivity contribution in [2.75, 3.05) is 0 Å². The third-order valence-corrected chi connectivity index (χ3v) is 2.73. The Hall–Kier alpha value is -0.595. The highest BCUT2D eigenvalue weighted by molar-refractivity contribution is 6.59. The van der Waals surface area contributed by atoms with Crippen LogP contribution in [0.2, 0.25) is 10.2 Å². The van der Waals surface area contributed by atoms with Gasteiger partial charge in [-0.1, -0.05) is 34.8 Å². The maximum Gasteiger partial charge on any atom is 0.131 e. The average Bonchev–Trinajstić information content (AvgIpc) is 2.15. The molecule has 0 spiro atoms. The smallest absolute Gasteiger partial charge is 0.131 e. The van der Waals surface area contributed by atoms with E-state index in [1.54, 1.807) is 24.3 Å². The number of benzene rings is 1. The summed E-state index contributed by atoms with van der Waals surface area (Å²) in [6.07, 6.45) is 0. The number of aromatic nitrogens is 1. The van der Waals surface area contributed by atoms with E-state index < -0.39 is 5.11 Å². The number of rotatable bonds is 1. The topological polar surface area (TPSA) is 12.9 Å². The first-order chi connectivity index (χ1) is 7.38. The summed E-state index contributed by atoms with van der Waals surface area (Å²) in [5.74, 6) is 0. The van der Waals surface area contributed by atoms with Gasteiger partial charge in [0.15, 0.2) is 0 Å². The van der Waals surface area contributed by atoms with Crippen molar-refractivity contribution < 1.29 is 0 Å². The molecule has 1 aromatic heterocycles. The molecule has 0 amide bonds. The molecule has 16 heavy (non-hydrogen) atoms. The number of fused-ring (bicyclic) bond motifs is 1. The SMILES string of the molecule is [B]C([B])([B])c1ccc2nc(Cl)cc(Cl)c2c1. The fourth-order valence-corrected chi connectivity index (χ4v) is 1.93. The molecular weight excluding hydrogens is 237 g/mol. The molecule has 0 aliphatic rings. The molecule has 0 fully saturated rings. The Morgan fingerprint density at radius 2 is 1.75 bits per heavy atom. The van der Waals surface area contributed by atoms with Crippen LogP contribution in [0, 0.1) is 0 Å². The second-order valence-corrected chi connectivity index (χ2v) is 4.39. The van der Waals surface area contributed by atoms with Gasteiger partial charge in [0, 0.05) is 5.39 Å². The van der Waals surface area contributed by atoms with Crippen molar-refractivity contribution in [1.29, 1.82) is 0 Å². The number of halogens is 2. The molecule has 0 N–H and O–H groups in total. The van der Waals surface area contributed by atoms with Gasteiger partial charge >= 0.3 is 0 Å². The molecule has 1 heterocycles. The number of hydrogen-bond donors (Lipinski definition) is 0. The number of nitrogens with zero attached hydrogens (tertiary/aromatic N) is 1.